The molecule has 8 nitrogen and oxygen atoms in total. The van der Waals surface area contributed by atoms with Crippen molar-refractivity contribution in [2.24, 2.45) is 0 Å². The molecule has 0 N–H and O–H groups in total. The van der Waals surface area contributed by atoms with Gasteiger partial charge in [-0.1, -0.05) is 12.1 Å². The van der Waals surface area contributed by atoms with Crippen molar-refractivity contribution in [1.82, 2.24) is 4.90 Å². The number of para-hydroxylation sites is 1. The number of piperazine rings is 1. The molecular formula is C23H26N4O4S. The zero-order valence-electron chi connectivity index (χ0n) is 18.0. The number of hydrogen-bond donors (Lipinski definition) is 0. The summed E-state index contributed by atoms with van der Waals surface area (Å²) in [4.78, 5) is 19.6. The van der Waals surface area contributed by atoms with Crippen molar-refractivity contribution in [3.8, 4) is 6.07 Å². The normalized spacial score (nSPS) is 17.2. The lowest BCUT2D eigenvalue weighted by Crippen LogP contribution is -2.49. The molecule has 2 fully saturated rings. The smallest absolute Gasteiger partial charge is 0.256 e. The van der Waals surface area contributed by atoms with Gasteiger partial charge in [0.1, 0.15) is 6.07 Å². The van der Waals surface area contributed by atoms with Crippen LogP contribution >= 0.6 is 0 Å². The highest BCUT2D eigenvalue weighted by atomic mass is 32.2. The molecule has 0 aliphatic carbocycles. The van der Waals surface area contributed by atoms with Crippen LogP contribution in [-0.2, 0) is 14.6 Å². The van der Waals surface area contributed by atoms with E-state index in [2.05, 4.69) is 15.9 Å². The first kappa shape index (κ1) is 22.1. The van der Waals surface area contributed by atoms with Gasteiger partial charge in [-0.2, -0.15) is 5.26 Å². The summed E-state index contributed by atoms with van der Waals surface area (Å²) >= 11 is 0. The Kier molecular flexibility index (Phi) is 6.35. The summed E-state index contributed by atoms with van der Waals surface area (Å²) in [5.41, 5.74) is 2.63. The largest absolute Gasteiger partial charge is 0.378 e. The Morgan fingerprint density at radius 3 is 2.25 bits per heavy atom. The third-order valence-corrected chi connectivity index (χ3v) is 7.02. The van der Waals surface area contributed by atoms with Gasteiger partial charge in [-0.3, -0.25) is 4.79 Å². The molecule has 0 bridgehead atoms. The maximum atomic E-state index is 13.5. The Labute approximate surface area is 188 Å². The number of morpholine rings is 1. The summed E-state index contributed by atoms with van der Waals surface area (Å²) in [6.07, 6.45) is 1.15. The van der Waals surface area contributed by atoms with Crippen LogP contribution in [0.25, 0.3) is 0 Å². The van der Waals surface area contributed by atoms with Crippen LogP contribution < -0.4 is 9.80 Å². The van der Waals surface area contributed by atoms with Crippen LogP contribution in [0.15, 0.2) is 47.4 Å². The fraction of sp³-hybridized carbons (Fsp3) is 0.391. The zero-order chi connectivity index (χ0) is 22.7. The lowest BCUT2D eigenvalue weighted by molar-refractivity contribution is 0.0746. The number of hydrogen-bond acceptors (Lipinski definition) is 7. The van der Waals surface area contributed by atoms with Gasteiger partial charge in [0.05, 0.1) is 34.9 Å². The van der Waals surface area contributed by atoms with Gasteiger partial charge in [-0.15, -0.1) is 0 Å². The Balaban J connectivity index is 1.58. The van der Waals surface area contributed by atoms with Crippen molar-refractivity contribution >= 4 is 27.1 Å². The highest BCUT2D eigenvalue weighted by Crippen LogP contribution is 2.28. The SMILES string of the molecule is CS(=O)(=O)c1ccc(N2CCOCC2)c(C(=O)N2CCN(c3ccccc3C#N)CC2)c1. The van der Waals surface area contributed by atoms with Crippen LogP contribution in [0.4, 0.5) is 11.4 Å². The van der Waals surface area contributed by atoms with Gasteiger partial charge < -0.3 is 19.4 Å². The molecule has 2 saturated heterocycles. The summed E-state index contributed by atoms with van der Waals surface area (Å²) < 4.78 is 29.7. The quantitative estimate of drug-likeness (QED) is 0.695. The summed E-state index contributed by atoms with van der Waals surface area (Å²) in [5, 5.41) is 9.38. The van der Waals surface area contributed by atoms with Crippen molar-refractivity contribution in [3.63, 3.8) is 0 Å². The van der Waals surface area contributed by atoms with E-state index in [0.29, 0.717) is 63.6 Å². The first-order chi connectivity index (χ1) is 15.4. The number of carbonyl (C=O) groups is 1. The summed E-state index contributed by atoms with van der Waals surface area (Å²) in [6.45, 7) is 4.62. The minimum atomic E-state index is -3.44. The minimum absolute atomic E-state index is 0.138. The highest BCUT2D eigenvalue weighted by Gasteiger charge is 2.28. The summed E-state index contributed by atoms with van der Waals surface area (Å²) in [7, 11) is -3.44. The van der Waals surface area contributed by atoms with Crippen molar-refractivity contribution in [2.45, 2.75) is 4.90 Å². The van der Waals surface area contributed by atoms with E-state index >= 15 is 0 Å². The van der Waals surface area contributed by atoms with E-state index in [0.717, 1.165) is 17.6 Å². The molecule has 32 heavy (non-hydrogen) atoms. The van der Waals surface area contributed by atoms with Crippen LogP contribution in [0.3, 0.4) is 0 Å². The number of sulfone groups is 1. The second-order valence-corrected chi connectivity index (χ2v) is 9.97. The molecule has 1 amide bonds. The lowest BCUT2D eigenvalue weighted by Gasteiger charge is -2.37. The van der Waals surface area contributed by atoms with Crippen LogP contribution in [-0.4, -0.2) is 78.0 Å². The van der Waals surface area contributed by atoms with Gasteiger partial charge in [0.15, 0.2) is 9.84 Å². The fourth-order valence-corrected chi connectivity index (χ4v) is 4.81. The predicted molar refractivity (Wildman–Crippen MR) is 122 cm³/mol. The molecule has 2 aliphatic rings. The molecule has 0 unspecified atom stereocenters. The standard InChI is InChI=1S/C23H26N4O4S/c1-32(29,30)19-6-7-22(26-12-14-31-15-13-26)20(16-19)23(28)27-10-8-25(9-11-27)21-5-3-2-4-18(21)17-24/h2-7,16H,8-15H2,1H3. The maximum absolute atomic E-state index is 13.5. The lowest BCUT2D eigenvalue weighted by atomic mass is 10.1. The summed E-state index contributed by atoms with van der Waals surface area (Å²) in [6, 6.07) is 14.5. The number of carbonyl (C=O) groups excluding carboxylic acids is 1. The zero-order valence-corrected chi connectivity index (χ0v) is 18.8. The minimum Gasteiger partial charge on any atom is -0.378 e. The third-order valence-electron chi connectivity index (χ3n) is 5.91. The van der Waals surface area contributed by atoms with Gasteiger partial charge in [0.2, 0.25) is 0 Å². The Hall–Kier alpha value is -3.09. The average Bonchev–Trinajstić information content (AvgIpc) is 2.83. The second kappa shape index (κ2) is 9.18. The number of nitrogens with zero attached hydrogens (tertiary/aromatic N) is 4. The maximum Gasteiger partial charge on any atom is 0.256 e. The molecule has 2 aromatic carbocycles. The topological polar surface area (TPSA) is 93.9 Å². The molecule has 168 valence electrons. The number of ether oxygens (including phenoxy) is 1. The van der Waals surface area contributed by atoms with Crippen molar-refractivity contribution in [1.29, 1.82) is 5.26 Å². The van der Waals surface area contributed by atoms with Crippen LogP contribution in [0.1, 0.15) is 15.9 Å². The molecule has 2 heterocycles. The molecule has 9 heteroatoms. The van der Waals surface area contributed by atoms with Crippen molar-refractivity contribution in [2.75, 3.05) is 68.5 Å². The van der Waals surface area contributed by atoms with E-state index in [1.54, 1.807) is 23.1 Å². The molecule has 2 aromatic rings. The number of nitriles is 1. The fourth-order valence-electron chi connectivity index (χ4n) is 4.16. The van der Waals surface area contributed by atoms with E-state index < -0.39 is 9.84 Å². The van der Waals surface area contributed by atoms with E-state index in [4.69, 9.17) is 4.74 Å². The van der Waals surface area contributed by atoms with Crippen LogP contribution in [0.5, 0.6) is 0 Å². The van der Waals surface area contributed by atoms with Gasteiger partial charge in [-0.25, -0.2) is 8.42 Å². The molecule has 0 saturated carbocycles. The highest BCUT2D eigenvalue weighted by molar-refractivity contribution is 7.90. The van der Waals surface area contributed by atoms with E-state index in [9.17, 15) is 18.5 Å². The van der Waals surface area contributed by atoms with Crippen LogP contribution in [0.2, 0.25) is 0 Å². The Morgan fingerprint density at radius 1 is 0.938 bits per heavy atom. The van der Waals surface area contributed by atoms with Gasteiger partial charge >= 0.3 is 0 Å². The van der Waals surface area contributed by atoms with E-state index in [1.807, 2.05) is 18.2 Å². The molecule has 0 aromatic heterocycles. The van der Waals surface area contributed by atoms with E-state index in [-0.39, 0.29) is 10.8 Å². The molecule has 0 spiro atoms. The third kappa shape index (κ3) is 4.56. The Bertz CT molecular complexity index is 1140. The van der Waals surface area contributed by atoms with E-state index in [1.165, 1.54) is 6.07 Å². The average molecular weight is 455 g/mol. The van der Waals surface area contributed by atoms with Gasteiger partial charge in [0.25, 0.3) is 5.91 Å². The van der Waals surface area contributed by atoms with Gasteiger partial charge in [0, 0.05) is 51.2 Å². The van der Waals surface area contributed by atoms with Crippen molar-refractivity contribution in [3.05, 3.63) is 53.6 Å². The number of anilines is 2. The number of amides is 1. The number of benzene rings is 2. The van der Waals surface area contributed by atoms with Crippen LogP contribution in [0, 0.1) is 11.3 Å². The molecule has 0 radical (unpaired) electrons. The van der Waals surface area contributed by atoms with Crippen molar-refractivity contribution < 1.29 is 17.9 Å². The first-order valence-corrected chi connectivity index (χ1v) is 12.5. The predicted octanol–water partition coefficient (Wildman–Crippen LogP) is 1.76. The number of rotatable bonds is 4. The molecule has 2 aliphatic heterocycles. The first-order valence-electron chi connectivity index (χ1n) is 10.6. The Morgan fingerprint density at radius 2 is 1.59 bits per heavy atom. The monoisotopic (exact) mass is 454 g/mol. The van der Waals surface area contributed by atoms with Gasteiger partial charge in [-0.05, 0) is 30.3 Å². The second-order valence-electron chi connectivity index (χ2n) is 7.96. The molecular weight excluding hydrogens is 428 g/mol. The molecule has 0 atom stereocenters. The summed E-state index contributed by atoms with van der Waals surface area (Å²) in [5.74, 6) is -0.176. The molecule has 4 rings (SSSR count).